The van der Waals surface area contributed by atoms with E-state index in [1.165, 1.54) is 43.9 Å². The summed E-state index contributed by atoms with van der Waals surface area (Å²) in [5, 5.41) is 2.36. The summed E-state index contributed by atoms with van der Waals surface area (Å²) >= 11 is 0. The van der Waals surface area contributed by atoms with Crippen LogP contribution in [0.5, 0.6) is 0 Å². The molecule has 1 aliphatic heterocycles. The average molecular weight is 293 g/mol. The Hall–Kier alpha value is -1.83. The molecular weight excluding hydrogens is 270 g/mol. The molecule has 0 bridgehead atoms. The fourth-order valence-electron chi connectivity index (χ4n) is 4.37. The highest BCUT2D eigenvalue weighted by Gasteiger charge is 2.35. The minimum atomic E-state index is 0.238. The van der Waals surface area contributed by atoms with Gasteiger partial charge < -0.3 is 4.90 Å². The lowest BCUT2D eigenvalue weighted by Gasteiger charge is -2.44. The first-order chi connectivity index (χ1) is 10.8. The number of likely N-dealkylation sites (tertiary alicyclic amines) is 1. The van der Waals surface area contributed by atoms with E-state index in [4.69, 9.17) is 0 Å². The molecule has 0 aromatic heterocycles. The molecule has 1 aliphatic carbocycles. The molecule has 0 unspecified atom stereocenters. The highest BCUT2D eigenvalue weighted by atomic mass is 16.2. The average Bonchev–Trinajstić information content (AvgIpc) is 2.60. The molecule has 2 fully saturated rings. The predicted molar refractivity (Wildman–Crippen MR) is 90.0 cm³/mol. The number of fused-ring (bicyclic) bond motifs is 2. The zero-order chi connectivity index (χ0) is 14.9. The smallest absolute Gasteiger partial charge is 0.254 e. The highest BCUT2D eigenvalue weighted by molar-refractivity contribution is 5.98. The fraction of sp³-hybridized carbons (Fsp3) is 0.450. The number of nitrogens with zero attached hydrogens (tertiary/aromatic N) is 1. The molecule has 2 atom stereocenters. The number of hydrogen-bond donors (Lipinski definition) is 0. The van der Waals surface area contributed by atoms with Crippen molar-refractivity contribution in [3.8, 4) is 0 Å². The molecule has 2 aliphatic rings. The van der Waals surface area contributed by atoms with Crippen molar-refractivity contribution in [3.63, 3.8) is 0 Å². The summed E-state index contributed by atoms with van der Waals surface area (Å²) in [6.45, 7) is 0.937. The summed E-state index contributed by atoms with van der Waals surface area (Å²) < 4.78 is 0. The molecule has 2 aromatic rings. The third kappa shape index (κ3) is 2.41. The van der Waals surface area contributed by atoms with E-state index in [1.54, 1.807) is 0 Å². The number of hydrogen-bond acceptors (Lipinski definition) is 1. The van der Waals surface area contributed by atoms with E-state index in [2.05, 4.69) is 29.2 Å². The van der Waals surface area contributed by atoms with Gasteiger partial charge in [0.1, 0.15) is 0 Å². The van der Waals surface area contributed by atoms with Gasteiger partial charge in [0.05, 0.1) is 0 Å². The zero-order valence-corrected chi connectivity index (χ0v) is 13.0. The van der Waals surface area contributed by atoms with E-state index in [9.17, 15) is 4.79 Å². The van der Waals surface area contributed by atoms with Gasteiger partial charge in [0.15, 0.2) is 0 Å². The molecule has 2 nitrogen and oxygen atoms in total. The third-order valence-electron chi connectivity index (χ3n) is 5.50. The molecule has 4 rings (SSSR count). The van der Waals surface area contributed by atoms with Crippen LogP contribution in [0.4, 0.5) is 0 Å². The Morgan fingerprint density at radius 1 is 0.909 bits per heavy atom. The van der Waals surface area contributed by atoms with Gasteiger partial charge in [-0.1, -0.05) is 43.2 Å². The number of carbonyl (C=O) groups excluding carboxylic acids is 1. The van der Waals surface area contributed by atoms with Crippen LogP contribution >= 0.6 is 0 Å². The molecule has 22 heavy (non-hydrogen) atoms. The number of rotatable bonds is 1. The van der Waals surface area contributed by atoms with Gasteiger partial charge in [-0.15, -0.1) is 0 Å². The maximum Gasteiger partial charge on any atom is 0.254 e. The summed E-state index contributed by atoms with van der Waals surface area (Å²) in [7, 11) is 0. The lowest BCUT2D eigenvalue weighted by atomic mass is 9.78. The molecular formula is C20H23NO. The third-order valence-corrected chi connectivity index (χ3v) is 5.50. The van der Waals surface area contributed by atoms with Crippen LogP contribution in [0.3, 0.4) is 0 Å². The minimum absolute atomic E-state index is 0.238. The lowest BCUT2D eigenvalue weighted by molar-refractivity contribution is 0.0391. The first-order valence-electron chi connectivity index (χ1n) is 8.63. The van der Waals surface area contributed by atoms with E-state index in [1.807, 2.05) is 18.2 Å². The summed E-state index contributed by atoms with van der Waals surface area (Å²) in [6.07, 6.45) is 7.62. The molecule has 1 saturated carbocycles. The molecule has 0 N–H and O–H groups in total. The summed E-state index contributed by atoms with van der Waals surface area (Å²) in [4.78, 5) is 15.2. The second kappa shape index (κ2) is 5.75. The Morgan fingerprint density at radius 2 is 1.68 bits per heavy atom. The van der Waals surface area contributed by atoms with E-state index >= 15 is 0 Å². The molecule has 0 radical (unpaired) electrons. The maximum atomic E-state index is 13.0. The summed E-state index contributed by atoms with van der Waals surface area (Å²) in [6, 6.07) is 14.9. The standard InChI is InChI=1S/C20H23NO/c22-20(18-12-11-15-6-1-2-8-17(15)14-18)21-13-5-9-16-7-3-4-10-19(16)21/h1-2,6,8,11-12,14,16,19H,3-5,7,9-10,13H2/t16-,19-/m0/s1. The van der Waals surface area contributed by atoms with Crippen molar-refractivity contribution in [2.24, 2.45) is 5.92 Å². The fourth-order valence-corrected chi connectivity index (χ4v) is 4.37. The SMILES string of the molecule is O=C(c1ccc2ccccc2c1)N1CCC[C@@H]2CCCC[C@@H]21. The molecule has 2 heteroatoms. The molecule has 1 saturated heterocycles. The zero-order valence-electron chi connectivity index (χ0n) is 13.0. The van der Waals surface area contributed by atoms with Crippen LogP contribution < -0.4 is 0 Å². The Balaban J connectivity index is 1.64. The molecule has 0 spiro atoms. The second-order valence-electron chi connectivity index (χ2n) is 6.81. The monoisotopic (exact) mass is 293 g/mol. The topological polar surface area (TPSA) is 20.3 Å². The van der Waals surface area contributed by atoms with Crippen LogP contribution in [0.15, 0.2) is 42.5 Å². The number of piperidine rings is 1. The van der Waals surface area contributed by atoms with Gasteiger partial charge >= 0.3 is 0 Å². The van der Waals surface area contributed by atoms with Crippen LogP contribution in [0, 0.1) is 5.92 Å². The van der Waals surface area contributed by atoms with Gasteiger partial charge in [-0.3, -0.25) is 4.79 Å². The van der Waals surface area contributed by atoms with Gasteiger partial charge in [0.2, 0.25) is 0 Å². The van der Waals surface area contributed by atoms with Crippen molar-refractivity contribution in [2.75, 3.05) is 6.54 Å². The summed E-state index contributed by atoms with van der Waals surface area (Å²) in [5.74, 6) is 0.981. The van der Waals surface area contributed by atoms with Crippen molar-refractivity contribution >= 4 is 16.7 Å². The Bertz CT molecular complexity index is 691. The first-order valence-corrected chi connectivity index (χ1v) is 8.63. The van der Waals surface area contributed by atoms with Crippen molar-refractivity contribution in [3.05, 3.63) is 48.0 Å². The van der Waals surface area contributed by atoms with Crippen LogP contribution in [-0.4, -0.2) is 23.4 Å². The number of benzene rings is 2. The van der Waals surface area contributed by atoms with E-state index in [0.717, 1.165) is 23.4 Å². The van der Waals surface area contributed by atoms with Crippen molar-refractivity contribution in [2.45, 2.75) is 44.6 Å². The Kier molecular flexibility index (Phi) is 3.61. The number of carbonyl (C=O) groups is 1. The quantitative estimate of drug-likeness (QED) is 0.750. The molecule has 1 heterocycles. The maximum absolute atomic E-state index is 13.0. The number of amides is 1. The van der Waals surface area contributed by atoms with Crippen molar-refractivity contribution < 1.29 is 4.79 Å². The molecule has 2 aromatic carbocycles. The predicted octanol–water partition coefficient (Wildman–Crippen LogP) is 4.63. The second-order valence-corrected chi connectivity index (χ2v) is 6.81. The molecule has 114 valence electrons. The minimum Gasteiger partial charge on any atom is -0.335 e. The van der Waals surface area contributed by atoms with Crippen molar-refractivity contribution in [1.29, 1.82) is 0 Å². The van der Waals surface area contributed by atoms with E-state index < -0.39 is 0 Å². The normalized spacial score (nSPS) is 25.0. The van der Waals surface area contributed by atoms with Crippen molar-refractivity contribution in [1.82, 2.24) is 4.90 Å². The largest absolute Gasteiger partial charge is 0.335 e. The van der Waals surface area contributed by atoms with Gasteiger partial charge in [-0.25, -0.2) is 0 Å². The highest BCUT2D eigenvalue weighted by Crippen LogP contribution is 2.36. The van der Waals surface area contributed by atoms with E-state index in [-0.39, 0.29) is 5.91 Å². The molecule has 1 amide bonds. The lowest BCUT2D eigenvalue weighted by Crippen LogP contribution is -2.49. The Labute approximate surface area is 132 Å². The van der Waals surface area contributed by atoms with E-state index in [0.29, 0.717) is 6.04 Å². The van der Waals surface area contributed by atoms with Gasteiger partial charge in [-0.2, -0.15) is 0 Å². The van der Waals surface area contributed by atoms with Crippen LogP contribution in [-0.2, 0) is 0 Å². The van der Waals surface area contributed by atoms with Crippen LogP contribution in [0.2, 0.25) is 0 Å². The van der Waals surface area contributed by atoms with Gasteiger partial charge in [0, 0.05) is 18.2 Å². The van der Waals surface area contributed by atoms with Crippen LogP contribution in [0.25, 0.3) is 10.8 Å². The first kappa shape index (κ1) is 13.8. The van der Waals surface area contributed by atoms with Gasteiger partial charge in [0.25, 0.3) is 5.91 Å². The Morgan fingerprint density at radius 3 is 2.59 bits per heavy atom. The van der Waals surface area contributed by atoms with Crippen LogP contribution in [0.1, 0.15) is 48.9 Å². The summed E-state index contributed by atoms with van der Waals surface area (Å²) in [5.41, 5.74) is 0.852. The van der Waals surface area contributed by atoms with Gasteiger partial charge in [-0.05, 0) is 54.5 Å².